The molecular formula is C13H14F2N4O2. The van der Waals surface area contributed by atoms with E-state index in [9.17, 15) is 13.6 Å². The molecule has 2 aromatic rings. The minimum atomic E-state index is -3.52. The normalized spacial score (nSPS) is 11.4. The Labute approximate surface area is 119 Å². The monoisotopic (exact) mass is 296 g/mol. The van der Waals surface area contributed by atoms with Gasteiger partial charge in [0.25, 0.3) is 0 Å². The number of urea groups is 1. The van der Waals surface area contributed by atoms with Crippen LogP contribution >= 0.6 is 0 Å². The summed E-state index contributed by atoms with van der Waals surface area (Å²) >= 11 is 0. The van der Waals surface area contributed by atoms with Crippen LogP contribution in [0, 0.1) is 6.92 Å². The van der Waals surface area contributed by atoms with Gasteiger partial charge in [0, 0.05) is 5.56 Å². The minimum absolute atomic E-state index is 0.0386. The average Bonchev–Trinajstić information content (AvgIpc) is 2.77. The fourth-order valence-corrected chi connectivity index (χ4v) is 1.94. The van der Waals surface area contributed by atoms with Crippen LogP contribution in [0.2, 0.25) is 0 Å². The highest BCUT2D eigenvalue weighted by Crippen LogP contribution is 2.33. The Morgan fingerprint density at radius 1 is 1.43 bits per heavy atom. The largest absolute Gasteiger partial charge is 0.390 e. The number of aliphatic hydroxyl groups is 1. The number of rotatable bonds is 4. The van der Waals surface area contributed by atoms with E-state index in [-0.39, 0.29) is 11.4 Å². The molecule has 0 aliphatic carbocycles. The number of aromatic nitrogens is 2. The Kier molecular flexibility index (Phi) is 3.90. The van der Waals surface area contributed by atoms with Gasteiger partial charge >= 0.3 is 12.0 Å². The molecule has 1 aromatic carbocycles. The van der Waals surface area contributed by atoms with Crippen LogP contribution in [0.1, 0.15) is 11.3 Å². The first kappa shape index (κ1) is 14.9. The molecule has 1 heterocycles. The Morgan fingerprint density at radius 2 is 2.05 bits per heavy atom. The highest BCUT2D eigenvalue weighted by Gasteiger charge is 2.37. The van der Waals surface area contributed by atoms with E-state index in [0.717, 1.165) is 4.68 Å². The molecule has 2 rings (SSSR count). The second kappa shape index (κ2) is 5.49. The number of aliphatic hydroxyl groups excluding tert-OH is 1. The molecule has 0 atom stereocenters. The van der Waals surface area contributed by atoms with Crippen molar-refractivity contribution in [3.05, 3.63) is 41.6 Å². The van der Waals surface area contributed by atoms with E-state index in [1.807, 2.05) is 0 Å². The van der Waals surface area contributed by atoms with Crippen molar-refractivity contribution >= 4 is 11.8 Å². The molecule has 0 bridgehead atoms. The SMILES string of the molecule is Cc1c(C(F)(F)CO)nn(-c2ccccc2)c1NC(N)=O. The van der Waals surface area contributed by atoms with Gasteiger partial charge in [0.2, 0.25) is 0 Å². The van der Waals surface area contributed by atoms with Gasteiger partial charge in [-0.2, -0.15) is 13.9 Å². The lowest BCUT2D eigenvalue weighted by atomic mass is 10.1. The van der Waals surface area contributed by atoms with Crippen LogP contribution in [0.3, 0.4) is 0 Å². The molecule has 0 saturated carbocycles. The smallest absolute Gasteiger partial charge is 0.317 e. The molecule has 1 aromatic heterocycles. The fraction of sp³-hybridized carbons (Fsp3) is 0.231. The van der Waals surface area contributed by atoms with Crippen molar-refractivity contribution in [1.29, 1.82) is 0 Å². The van der Waals surface area contributed by atoms with E-state index in [1.165, 1.54) is 6.92 Å². The molecule has 6 nitrogen and oxygen atoms in total. The molecule has 0 spiro atoms. The summed E-state index contributed by atoms with van der Waals surface area (Å²) in [5.74, 6) is -3.48. The Hall–Kier alpha value is -2.48. The van der Waals surface area contributed by atoms with Crippen LogP contribution in [-0.4, -0.2) is 27.5 Å². The maximum Gasteiger partial charge on any atom is 0.317 e. The molecule has 0 aliphatic rings. The summed E-state index contributed by atoms with van der Waals surface area (Å²) < 4.78 is 28.6. The Balaban J connectivity index is 2.63. The van der Waals surface area contributed by atoms with E-state index in [0.29, 0.717) is 5.69 Å². The summed E-state index contributed by atoms with van der Waals surface area (Å²) in [4.78, 5) is 11.1. The lowest BCUT2D eigenvalue weighted by molar-refractivity contribution is -0.0599. The third kappa shape index (κ3) is 2.84. The van der Waals surface area contributed by atoms with Crippen LogP contribution in [0.5, 0.6) is 0 Å². The topological polar surface area (TPSA) is 93.2 Å². The van der Waals surface area contributed by atoms with E-state index in [2.05, 4.69) is 10.4 Å². The molecule has 0 saturated heterocycles. The van der Waals surface area contributed by atoms with Gasteiger partial charge in [-0.15, -0.1) is 0 Å². The van der Waals surface area contributed by atoms with Crippen molar-refractivity contribution in [2.24, 2.45) is 5.73 Å². The predicted molar refractivity (Wildman–Crippen MR) is 72.5 cm³/mol. The van der Waals surface area contributed by atoms with E-state index in [1.54, 1.807) is 30.3 Å². The zero-order valence-corrected chi connectivity index (χ0v) is 11.2. The number of hydrogen-bond acceptors (Lipinski definition) is 3. The highest BCUT2D eigenvalue weighted by molar-refractivity contribution is 5.88. The number of primary amides is 1. The summed E-state index contributed by atoms with van der Waals surface area (Å²) in [5, 5.41) is 14.9. The molecule has 21 heavy (non-hydrogen) atoms. The van der Waals surface area contributed by atoms with Gasteiger partial charge in [0.15, 0.2) is 0 Å². The van der Waals surface area contributed by atoms with Crippen LogP contribution in [0.25, 0.3) is 5.69 Å². The van der Waals surface area contributed by atoms with Crippen molar-refractivity contribution in [2.45, 2.75) is 12.8 Å². The zero-order valence-electron chi connectivity index (χ0n) is 11.2. The third-order valence-electron chi connectivity index (χ3n) is 2.91. The molecule has 0 fully saturated rings. The Morgan fingerprint density at radius 3 is 2.57 bits per heavy atom. The maximum atomic E-state index is 13.7. The van der Waals surface area contributed by atoms with E-state index >= 15 is 0 Å². The maximum absolute atomic E-state index is 13.7. The highest BCUT2D eigenvalue weighted by atomic mass is 19.3. The number of hydrogen-bond donors (Lipinski definition) is 3. The first-order valence-corrected chi connectivity index (χ1v) is 6.07. The number of para-hydroxylation sites is 1. The number of nitrogens with zero attached hydrogens (tertiary/aromatic N) is 2. The zero-order chi connectivity index (χ0) is 15.6. The molecule has 4 N–H and O–H groups in total. The number of benzene rings is 1. The number of halogens is 2. The van der Waals surface area contributed by atoms with Crippen LogP contribution in [0.15, 0.2) is 30.3 Å². The first-order valence-electron chi connectivity index (χ1n) is 6.07. The van der Waals surface area contributed by atoms with Gasteiger partial charge < -0.3 is 10.8 Å². The number of nitrogens with two attached hydrogens (primary N) is 1. The molecule has 8 heteroatoms. The molecule has 0 unspecified atom stereocenters. The Bertz CT molecular complexity index is 656. The molecule has 2 amide bonds. The number of anilines is 1. The summed E-state index contributed by atoms with van der Waals surface area (Å²) in [6.45, 7) is -0.00767. The van der Waals surface area contributed by atoms with Crippen molar-refractivity contribution in [3.63, 3.8) is 0 Å². The number of alkyl halides is 2. The van der Waals surface area contributed by atoms with Crippen LogP contribution < -0.4 is 11.1 Å². The fourth-order valence-electron chi connectivity index (χ4n) is 1.94. The second-order valence-corrected chi connectivity index (χ2v) is 4.42. The molecule has 0 aliphatic heterocycles. The summed E-state index contributed by atoms with van der Waals surface area (Å²) in [6, 6.07) is 7.53. The van der Waals surface area contributed by atoms with E-state index < -0.39 is 24.3 Å². The van der Waals surface area contributed by atoms with Crippen LogP contribution in [-0.2, 0) is 5.92 Å². The van der Waals surface area contributed by atoms with Crippen LogP contribution in [0.4, 0.5) is 19.4 Å². The average molecular weight is 296 g/mol. The summed E-state index contributed by atoms with van der Waals surface area (Å²) in [7, 11) is 0. The number of carbonyl (C=O) groups is 1. The molecular weight excluding hydrogens is 282 g/mol. The third-order valence-corrected chi connectivity index (χ3v) is 2.91. The minimum Gasteiger partial charge on any atom is -0.390 e. The number of amides is 2. The molecule has 0 radical (unpaired) electrons. The number of carbonyl (C=O) groups excluding carboxylic acids is 1. The van der Waals surface area contributed by atoms with Crippen molar-refractivity contribution in [1.82, 2.24) is 9.78 Å². The van der Waals surface area contributed by atoms with Gasteiger partial charge in [-0.3, -0.25) is 5.32 Å². The quantitative estimate of drug-likeness (QED) is 0.802. The van der Waals surface area contributed by atoms with Gasteiger partial charge in [0.1, 0.15) is 18.1 Å². The van der Waals surface area contributed by atoms with Gasteiger partial charge in [0.05, 0.1) is 5.69 Å². The summed E-state index contributed by atoms with van der Waals surface area (Å²) in [5.41, 5.74) is 4.96. The van der Waals surface area contributed by atoms with Crippen molar-refractivity contribution < 1.29 is 18.7 Å². The lowest BCUT2D eigenvalue weighted by Crippen LogP contribution is -2.22. The van der Waals surface area contributed by atoms with Gasteiger partial charge in [-0.05, 0) is 19.1 Å². The van der Waals surface area contributed by atoms with E-state index in [4.69, 9.17) is 10.8 Å². The first-order chi connectivity index (χ1) is 9.86. The van der Waals surface area contributed by atoms with Gasteiger partial charge in [-0.25, -0.2) is 9.48 Å². The predicted octanol–water partition coefficient (Wildman–Crippen LogP) is 1.76. The van der Waals surface area contributed by atoms with Crippen molar-refractivity contribution in [3.8, 4) is 5.69 Å². The standard InChI is InChI=1S/C13H14F2N4O2/c1-8-10(13(14,15)7-20)18-19(11(8)17-12(16)21)9-5-3-2-4-6-9/h2-6,20H,7H2,1H3,(H3,16,17,21). The van der Waals surface area contributed by atoms with Crippen molar-refractivity contribution in [2.75, 3.05) is 11.9 Å². The number of nitrogens with one attached hydrogen (secondary N) is 1. The van der Waals surface area contributed by atoms with Gasteiger partial charge in [-0.1, -0.05) is 18.2 Å². The summed E-state index contributed by atoms with van der Waals surface area (Å²) in [6.07, 6.45) is 0. The lowest BCUT2D eigenvalue weighted by Gasteiger charge is -2.10. The molecule has 112 valence electrons. The second-order valence-electron chi connectivity index (χ2n) is 4.42.